The number of anilines is 4. The van der Waals surface area contributed by atoms with Crippen molar-refractivity contribution in [1.82, 2.24) is 0 Å². The van der Waals surface area contributed by atoms with Gasteiger partial charge in [-0.3, -0.25) is 0 Å². The summed E-state index contributed by atoms with van der Waals surface area (Å²) >= 11 is 0. The Bertz CT molecular complexity index is 4180. The van der Waals surface area contributed by atoms with Crippen molar-refractivity contribution in [3.05, 3.63) is 281 Å². The van der Waals surface area contributed by atoms with Gasteiger partial charge in [-0.1, -0.05) is 259 Å². The summed E-state index contributed by atoms with van der Waals surface area (Å²) in [5.74, 6) is 0. The first-order valence-corrected chi connectivity index (χ1v) is 29.2. The molecule has 0 bridgehead atoms. The Morgan fingerprint density at radius 3 is 1.51 bits per heavy atom. The van der Waals surface area contributed by atoms with Crippen LogP contribution >= 0.6 is 0 Å². The van der Waals surface area contributed by atoms with Gasteiger partial charge >= 0.3 is 0 Å². The van der Waals surface area contributed by atoms with Crippen LogP contribution in [-0.4, -0.2) is 0 Å². The van der Waals surface area contributed by atoms with Crippen molar-refractivity contribution >= 4 is 72.3 Å². The molecular formula is C79H76N2O. The number of hydrogen-bond donors (Lipinski definition) is 1. The standard InChI is InChI=1S/C79H76N2O/c1-75(2,3)53(36-33-52-34-37-54(38-35-52)76(4,5)6)28-23-49-80-68-51-67-72(74-70(68)65-31-21-22-32-69(65)82-74)71-63-30-20-19-29-62(63)66-50-61(47-48-64(66)73(71)79(67,57-24-15-13-16-25-57)58-26-17-14-18-27-58)81(59-43-39-55(40-44-59)77(7,8)9)60-45-41-56(42-46-60)78(10,11)12/h13-51,80H,1-12H3/b36-33-,49-23+,53-28+. The average molecular weight is 1070 g/mol. The van der Waals surface area contributed by atoms with Gasteiger partial charge < -0.3 is 14.6 Å². The highest BCUT2D eigenvalue weighted by atomic mass is 16.3. The summed E-state index contributed by atoms with van der Waals surface area (Å²) in [5.41, 5.74) is 18.8. The fraction of sp³-hybridized carbons (Fsp3) is 0.215. The molecule has 1 N–H and O–H groups in total. The van der Waals surface area contributed by atoms with Gasteiger partial charge in [0.05, 0.1) is 16.5 Å². The minimum absolute atomic E-state index is 0.0225. The molecule has 0 saturated heterocycles. The number of rotatable bonds is 10. The molecule has 0 radical (unpaired) electrons. The van der Waals surface area contributed by atoms with E-state index in [0.29, 0.717) is 0 Å². The van der Waals surface area contributed by atoms with Gasteiger partial charge in [-0.15, -0.1) is 0 Å². The smallest absolute Gasteiger partial charge is 0.145 e. The number of nitrogens with zero attached hydrogens (tertiary/aromatic N) is 1. The second-order valence-corrected chi connectivity index (χ2v) is 26.7. The minimum Gasteiger partial charge on any atom is -0.455 e. The predicted octanol–water partition coefficient (Wildman–Crippen LogP) is 22.2. The lowest BCUT2D eigenvalue weighted by Crippen LogP contribution is -2.29. The van der Waals surface area contributed by atoms with Gasteiger partial charge in [0, 0.05) is 34.2 Å². The molecule has 0 spiro atoms. The highest BCUT2D eigenvalue weighted by Gasteiger charge is 2.50. The fourth-order valence-corrected chi connectivity index (χ4v) is 12.6. The zero-order valence-corrected chi connectivity index (χ0v) is 49.9. The maximum absolute atomic E-state index is 7.32. The van der Waals surface area contributed by atoms with Crippen molar-refractivity contribution in [3.8, 4) is 11.1 Å². The van der Waals surface area contributed by atoms with Crippen molar-refractivity contribution in [2.24, 2.45) is 5.41 Å². The molecule has 1 heterocycles. The van der Waals surface area contributed by atoms with Crippen LogP contribution in [-0.2, 0) is 21.7 Å². The number of para-hydroxylation sites is 1. The normalized spacial score (nSPS) is 13.9. The highest BCUT2D eigenvalue weighted by molar-refractivity contribution is 6.25. The summed E-state index contributed by atoms with van der Waals surface area (Å²) in [5, 5.41) is 10.8. The van der Waals surface area contributed by atoms with E-state index in [0.717, 1.165) is 50.3 Å². The molecular weight excluding hydrogens is 993 g/mol. The molecule has 1 aromatic heterocycles. The molecule has 10 aromatic carbocycles. The van der Waals surface area contributed by atoms with Crippen LogP contribution in [0, 0.1) is 5.41 Å². The van der Waals surface area contributed by atoms with E-state index < -0.39 is 5.41 Å². The Balaban J connectivity index is 1.10. The van der Waals surface area contributed by atoms with Gasteiger partial charge in [0.25, 0.3) is 0 Å². The first-order valence-electron chi connectivity index (χ1n) is 29.2. The van der Waals surface area contributed by atoms with Crippen LogP contribution in [0.4, 0.5) is 22.7 Å². The molecule has 1 aliphatic rings. The van der Waals surface area contributed by atoms with Gasteiger partial charge in [-0.25, -0.2) is 0 Å². The van der Waals surface area contributed by atoms with Crippen LogP contribution in [0.5, 0.6) is 0 Å². The summed E-state index contributed by atoms with van der Waals surface area (Å²) < 4.78 is 7.32. The summed E-state index contributed by atoms with van der Waals surface area (Å²) in [6.07, 6.45) is 11.0. The van der Waals surface area contributed by atoms with Crippen LogP contribution in [0.1, 0.15) is 128 Å². The second-order valence-electron chi connectivity index (χ2n) is 26.7. The lowest BCUT2D eigenvalue weighted by atomic mass is 9.66. The molecule has 82 heavy (non-hydrogen) atoms. The predicted molar refractivity (Wildman–Crippen MR) is 353 cm³/mol. The number of furan rings is 1. The largest absolute Gasteiger partial charge is 0.455 e. The molecule has 0 unspecified atom stereocenters. The van der Waals surface area contributed by atoms with Crippen LogP contribution < -0.4 is 10.2 Å². The molecule has 0 fully saturated rings. The Morgan fingerprint density at radius 2 is 0.963 bits per heavy atom. The monoisotopic (exact) mass is 1070 g/mol. The maximum atomic E-state index is 7.32. The number of nitrogens with one attached hydrogen (secondary N) is 1. The minimum atomic E-state index is -0.773. The summed E-state index contributed by atoms with van der Waals surface area (Å²) in [6.45, 7) is 27.3. The molecule has 12 rings (SSSR count). The Morgan fingerprint density at radius 1 is 0.463 bits per heavy atom. The molecule has 0 amide bonds. The average Bonchev–Trinajstić information content (AvgIpc) is 1.58. The van der Waals surface area contributed by atoms with Crippen LogP contribution in [0.25, 0.3) is 60.7 Å². The molecule has 0 saturated carbocycles. The highest BCUT2D eigenvalue weighted by Crippen LogP contribution is 2.63. The Kier molecular flexibility index (Phi) is 13.4. The van der Waals surface area contributed by atoms with E-state index in [9.17, 15) is 0 Å². The van der Waals surface area contributed by atoms with E-state index in [1.165, 1.54) is 77.2 Å². The number of fused-ring (bicyclic) bond motifs is 12. The second kappa shape index (κ2) is 20.4. The van der Waals surface area contributed by atoms with Gasteiger partial charge in [0.1, 0.15) is 11.2 Å². The van der Waals surface area contributed by atoms with Gasteiger partial charge in [0.2, 0.25) is 0 Å². The zero-order chi connectivity index (χ0) is 57.3. The quantitative estimate of drug-likeness (QED) is 0.109. The Labute approximate surface area is 486 Å². The number of hydrogen-bond acceptors (Lipinski definition) is 3. The maximum Gasteiger partial charge on any atom is 0.145 e. The molecule has 3 heteroatoms. The number of benzene rings is 10. The van der Waals surface area contributed by atoms with Gasteiger partial charge in [-0.05, 0) is 153 Å². The van der Waals surface area contributed by atoms with E-state index in [-0.39, 0.29) is 21.7 Å². The first-order chi connectivity index (χ1) is 39.2. The van der Waals surface area contributed by atoms with Crippen molar-refractivity contribution in [2.75, 3.05) is 10.2 Å². The zero-order valence-electron chi connectivity index (χ0n) is 49.9. The topological polar surface area (TPSA) is 28.4 Å². The van der Waals surface area contributed by atoms with Crippen molar-refractivity contribution < 1.29 is 4.42 Å². The van der Waals surface area contributed by atoms with Gasteiger partial charge in [0.15, 0.2) is 0 Å². The summed E-state index contributed by atoms with van der Waals surface area (Å²) in [6, 6.07) is 76.9. The third-order valence-electron chi connectivity index (χ3n) is 17.1. The van der Waals surface area contributed by atoms with Crippen LogP contribution in [0.15, 0.2) is 241 Å². The molecule has 0 atom stereocenters. The van der Waals surface area contributed by atoms with Crippen molar-refractivity contribution in [3.63, 3.8) is 0 Å². The van der Waals surface area contributed by atoms with E-state index >= 15 is 0 Å². The molecule has 1 aliphatic carbocycles. The van der Waals surface area contributed by atoms with E-state index in [1.807, 2.05) is 0 Å². The van der Waals surface area contributed by atoms with Crippen molar-refractivity contribution in [2.45, 2.75) is 105 Å². The van der Waals surface area contributed by atoms with E-state index in [1.54, 1.807) is 0 Å². The van der Waals surface area contributed by atoms with E-state index in [2.05, 4.69) is 330 Å². The number of allylic oxidation sites excluding steroid dienone is 4. The summed E-state index contributed by atoms with van der Waals surface area (Å²) in [4.78, 5) is 2.43. The lowest BCUT2D eigenvalue weighted by molar-refractivity contribution is 0.517. The third-order valence-corrected chi connectivity index (χ3v) is 17.1. The molecule has 0 aliphatic heterocycles. The molecule has 11 aromatic rings. The van der Waals surface area contributed by atoms with Crippen molar-refractivity contribution in [1.29, 1.82) is 0 Å². The van der Waals surface area contributed by atoms with Crippen LogP contribution in [0.3, 0.4) is 0 Å². The molecule has 408 valence electrons. The SMILES string of the molecule is CC(C)(C)C(/C=C\c1ccc(C(C)(C)C)cc1)=C/C=C/Nc1cc2c(c3oc4ccccc4c13)-c1c(c3ccc(N(c4ccc(C(C)(C)C)cc4)c4ccc(C(C)(C)C)cc4)cc3c3ccccc13)C2(c1ccccc1)c1ccccc1. The van der Waals surface area contributed by atoms with E-state index in [4.69, 9.17) is 4.42 Å². The first kappa shape index (κ1) is 54.0. The van der Waals surface area contributed by atoms with Crippen LogP contribution in [0.2, 0.25) is 0 Å². The summed E-state index contributed by atoms with van der Waals surface area (Å²) in [7, 11) is 0. The molecule has 3 nitrogen and oxygen atoms in total. The third kappa shape index (κ3) is 9.54. The lowest BCUT2D eigenvalue weighted by Gasteiger charge is -2.35. The van der Waals surface area contributed by atoms with Gasteiger partial charge in [-0.2, -0.15) is 0 Å². The fourth-order valence-electron chi connectivity index (χ4n) is 12.6. The Hall–Kier alpha value is -8.66.